The number of hydrogen-bond acceptors (Lipinski definition) is 4. The zero-order valence-electron chi connectivity index (χ0n) is 24.3. The van der Waals surface area contributed by atoms with Gasteiger partial charge in [0, 0.05) is 49.1 Å². The minimum atomic E-state index is -2.75. The molecule has 4 amide bonds. The molecule has 4 heterocycles. The molecule has 226 valence electrons. The lowest BCUT2D eigenvalue weighted by Gasteiger charge is -2.48. The summed E-state index contributed by atoms with van der Waals surface area (Å²) in [5, 5.41) is 0. The summed E-state index contributed by atoms with van der Waals surface area (Å²) in [6.07, 6.45) is 3.11. The fraction of sp³-hybridized carbons (Fsp3) is 0.710. The Morgan fingerprint density at radius 1 is 1.02 bits per heavy atom. The van der Waals surface area contributed by atoms with Crippen LogP contribution < -0.4 is 0 Å². The van der Waals surface area contributed by atoms with E-state index in [1.54, 1.807) is 4.90 Å². The Labute approximate surface area is 248 Å². The average molecular weight is 593 g/mol. The van der Waals surface area contributed by atoms with Gasteiger partial charge < -0.3 is 9.80 Å². The minimum absolute atomic E-state index is 0. The number of urea groups is 1. The largest absolute Gasteiger partial charge is 0.341 e. The van der Waals surface area contributed by atoms with E-state index in [2.05, 4.69) is 41.0 Å². The van der Waals surface area contributed by atoms with E-state index in [-0.39, 0.29) is 53.7 Å². The highest BCUT2D eigenvalue weighted by Gasteiger charge is 2.64. The first-order valence-electron chi connectivity index (χ1n) is 15.1. The van der Waals surface area contributed by atoms with E-state index in [0.717, 1.165) is 56.6 Å². The van der Waals surface area contributed by atoms with Crippen LogP contribution in [0.2, 0.25) is 0 Å². The van der Waals surface area contributed by atoms with Crippen LogP contribution >= 0.6 is 12.4 Å². The molecule has 0 radical (unpaired) electrons. The first-order valence-corrected chi connectivity index (χ1v) is 15.1. The number of hydrogen-bond donors (Lipinski definition) is 0. The molecule has 1 aliphatic carbocycles. The molecule has 1 spiro atoms. The molecule has 2 bridgehead atoms. The zero-order chi connectivity index (χ0) is 28.4. The molecule has 2 unspecified atom stereocenters. The number of imide groups is 1. The summed E-state index contributed by atoms with van der Waals surface area (Å²) in [7, 11) is 0. The number of amides is 4. The molecule has 4 aliphatic heterocycles. The molecule has 1 aromatic rings. The zero-order valence-corrected chi connectivity index (χ0v) is 25.1. The van der Waals surface area contributed by atoms with Crippen LogP contribution in [0.5, 0.6) is 0 Å². The lowest BCUT2D eigenvalue weighted by Crippen LogP contribution is -2.62. The highest BCUT2D eigenvalue weighted by atomic mass is 35.5. The molecule has 1 saturated carbocycles. The van der Waals surface area contributed by atoms with E-state index >= 15 is 0 Å². The Hall–Kier alpha value is -2.26. The number of rotatable bonds is 7. The quantitative estimate of drug-likeness (QED) is 0.411. The van der Waals surface area contributed by atoms with Crippen LogP contribution in [0.15, 0.2) is 30.3 Å². The van der Waals surface area contributed by atoms with Crippen LogP contribution in [0.3, 0.4) is 0 Å². The van der Waals surface area contributed by atoms with Crippen molar-refractivity contribution in [2.75, 3.05) is 26.2 Å². The molecule has 4 saturated heterocycles. The lowest BCUT2D eigenvalue weighted by molar-refractivity contribution is -0.145. The van der Waals surface area contributed by atoms with Gasteiger partial charge in [-0.3, -0.25) is 19.4 Å². The number of likely N-dealkylation sites (tertiary alicyclic amines) is 1. The van der Waals surface area contributed by atoms with E-state index in [1.807, 2.05) is 19.9 Å². The van der Waals surface area contributed by atoms with E-state index in [1.165, 1.54) is 5.56 Å². The number of benzene rings is 1. The van der Waals surface area contributed by atoms with Crippen molar-refractivity contribution in [3.05, 3.63) is 35.9 Å². The van der Waals surface area contributed by atoms with Crippen molar-refractivity contribution in [1.82, 2.24) is 19.6 Å². The van der Waals surface area contributed by atoms with Gasteiger partial charge in [-0.1, -0.05) is 43.7 Å². The summed E-state index contributed by atoms with van der Waals surface area (Å²) < 4.78 is 26.7. The summed E-state index contributed by atoms with van der Waals surface area (Å²) in [5.74, 6) is 0.346. The van der Waals surface area contributed by atoms with Gasteiger partial charge in [-0.15, -0.1) is 12.4 Å². The van der Waals surface area contributed by atoms with Crippen molar-refractivity contribution >= 4 is 30.3 Å². The number of carbonyl (C=O) groups excluding carboxylic acids is 3. The average Bonchev–Trinajstić information content (AvgIpc) is 3.48. The highest BCUT2D eigenvalue weighted by Crippen LogP contribution is 2.50. The second-order valence-electron chi connectivity index (χ2n) is 13.5. The van der Waals surface area contributed by atoms with Crippen molar-refractivity contribution in [3.63, 3.8) is 0 Å². The maximum Gasteiger partial charge on any atom is 0.328 e. The molecule has 41 heavy (non-hydrogen) atoms. The summed E-state index contributed by atoms with van der Waals surface area (Å²) in [5.41, 5.74) is -0.0166. The van der Waals surface area contributed by atoms with Gasteiger partial charge in [-0.25, -0.2) is 13.6 Å². The Kier molecular flexibility index (Phi) is 8.18. The number of fused-ring (bicyclic) bond motifs is 2. The minimum Gasteiger partial charge on any atom is -0.341 e. The van der Waals surface area contributed by atoms with Gasteiger partial charge in [-0.2, -0.15) is 0 Å². The standard InChI is InChI=1S/C31H42F2N4O3.ClH/c1-20(2)37-29(40)36(19-26(32)33)28(39)31(37)14-23-10-11-24(15-31)35(23)17-22-16-34(27(38)30(3)12-7-13-30)18-25(22)21-8-5-4-6-9-21;/h4-6,8-9,20,22-26H,7,10-19H2,1-3H3;1H/t22-,23?,24?,25-,31?;/m1./s1. The van der Waals surface area contributed by atoms with Crippen molar-refractivity contribution in [3.8, 4) is 0 Å². The van der Waals surface area contributed by atoms with Crippen molar-refractivity contribution in [2.45, 2.75) is 102 Å². The summed E-state index contributed by atoms with van der Waals surface area (Å²) in [6.45, 7) is 7.28. The van der Waals surface area contributed by atoms with Crippen LogP contribution in [0, 0.1) is 11.3 Å². The third kappa shape index (κ3) is 4.94. The number of carbonyl (C=O) groups is 3. The third-order valence-corrected chi connectivity index (χ3v) is 10.7. The number of piperidine rings is 1. The predicted molar refractivity (Wildman–Crippen MR) is 154 cm³/mol. The molecule has 5 fully saturated rings. The smallest absolute Gasteiger partial charge is 0.328 e. The molecule has 1 aromatic carbocycles. The fourth-order valence-corrected chi connectivity index (χ4v) is 8.63. The Morgan fingerprint density at radius 2 is 1.66 bits per heavy atom. The van der Waals surface area contributed by atoms with Crippen LogP contribution in [-0.2, 0) is 9.59 Å². The molecule has 10 heteroatoms. The van der Waals surface area contributed by atoms with E-state index in [9.17, 15) is 23.2 Å². The van der Waals surface area contributed by atoms with Crippen molar-refractivity contribution in [1.29, 1.82) is 0 Å². The topological polar surface area (TPSA) is 64.2 Å². The van der Waals surface area contributed by atoms with Gasteiger partial charge in [0.15, 0.2) is 0 Å². The normalized spacial score (nSPS) is 32.8. The van der Waals surface area contributed by atoms with Gasteiger partial charge in [0.05, 0.1) is 6.54 Å². The van der Waals surface area contributed by atoms with Crippen LogP contribution in [0.25, 0.3) is 0 Å². The Balaban J connectivity index is 0.00000337. The number of halogens is 3. The highest BCUT2D eigenvalue weighted by molar-refractivity contribution is 6.07. The molecule has 5 aliphatic rings. The molecular formula is C31H43ClF2N4O3. The SMILES string of the molecule is CC(C)N1C(=O)N(CC(F)F)C(=O)C12CC1CCC(C2)N1C[C@H]1CN(C(=O)C2(C)CCC2)C[C@@H]1c1ccccc1.Cl. The molecule has 0 aromatic heterocycles. The van der Waals surface area contributed by atoms with E-state index in [0.29, 0.717) is 12.8 Å². The molecule has 7 nitrogen and oxygen atoms in total. The molecule has 6 rings (SSSR count). The molecule has 4 atom stereocenters. The number of nitrogens with zero attached hydrogens (tertiary/aromatic N) is 4. The van der Waals surface area contributed by atoms with Gasteiger partial charge in [0.1, 0.15) is 5.54 Å². The third-order valence-electron chi connectivity index (χ3n) is 10.7. The van der Waals surface area contributed by atoms with Crippen LogP contribution in [0.1, 0.15) is 77.2 Å². The van der Waals surface area contributed by atoms with Gasteiger partial charge >= 0.3 is 6.03 Å². The monoisotopic (exact) mass is 592 g/mol. The van der Waals surface area contributed by atoms with Crippen LogP contribution in [-0.4, -0.2) is 93.7 Å². The van der Waals surface area contributed by atoms with Crippen LogP contribution in [0.4, 0.5) is 13.6 Å². The summed E-state index contributed by atoms with van der Waals surface area (Å²) in [4.78, 5) is 47.4. The van der Waals surface area contributed by atoms with E-state index in [4.69, 9.17) is 0 Å². The predicted octanol–water partition coefficient (Wildman–Crippen LogP) is 5.14. The van der Waals surface area contributed by atoms with Crippen molar-refractivity contribution in [2.24, 2.45) is 11.3 Å². The maximum atomic E-state index is 13.7. The lowest BCUT2D eigenvalue weighted by atomic mass is 9.69. The van der Waals surface area contributed by atoms with Gasteiger partial charge in [0.2, 0.25) is 5.91 Å². The maximum absolute atomic E-state index is 13.7. The summed E-state index contributed by atoms with van der Waals surface area (Å²) >= 11 is 0. The van der Waals surface area contributed by atoms with Crippen molar-refractivity contribution < 1.29 is 23.2 Å². The Bertz CT molecular complexity index is 1150. The Morgan fingerprint density at radius 3 is 2.20 bits per heavy atom. The first kappa shape index (κ1) is 30.2. The molecular weight excluding hydrogens is 550 g/mol. The fourth-order valence-electron chi connectivity index (χ4n) is 8.63. The first-order chi connectivity index (χ1) is 19.0. The van der Waals surface area contributed by atoms with Gasteiger partial charge in [0.25, 0.3) is 12.3 Å². The second kappa shape index (κ2) is 11.1. The van der Waals surface area contributed by atoms with Gasteiger partial charge in [-0.05, 0) is 63.9 Å². The molecule has 0 N–H and O–H groups in total. The summed E-state index contributed by atoms with van der Waals surface area (Å²) in [6, 6.07) is 9.85. The van der Waals surface area contributed by atoms with E-state index < -0.39 is 30.4 Å². The second-order valence-corrected chi connectivity index (χ2v) is 13.5. The number of alkyl halides is 2.